The highest BCUT2D eigenvalue weighted by Gasteiger charge is 2.29. The molecule has 0 aromatic carbocycles. The molecule has 1 saturated carbocycles. The lowest BCUT2D eigenvalue weighted by Gasteiger charge is -2.39. The van der Waals surface area contributed by atoms with Gasteiger partial charge < -0.3 is 20.3 Å². The molecular weight excluding hydrogens is 290 g/mol. The second-order valence-corrected chi connectivity index (χ2v) is 8.42. The Balaban J connectivity index is 1.76. The second kappa shape index (κ2) is 7.84. The van der Waals surface area contributed by atoms with Crippen LogP contribution in [-0.4, -0.2) is 54.4 Å². The molecule has 5 heteroatoms. The number of nitrogens with one attached hydrogen (secondary N) is 2. The summed E-state index contributed by atoms with van der Waals surface area (Å²) < 4.78 is 5.38. The van der Waals surface area contributed by atoms with Gasteiger partial charge in [0.1, 0.15) is 5.60 Å². The molecule has 4 unspecified atom stereocenters. The topological polar surface area (TPSA) is 53.6 Å². The average Bonchev–Trinajstić information content (AvgIpc) is 2.41. The van der Waals surface area contributed by atoms with Crippen LogP contribution in [0.25, 0.3) is 0 Å². The normalized spacial score (nSPS) is 33.3. The number of hydrogen-bond acceptors (Lipinski definition) is 4. The maximum absolute atomic E-state index is 11.9. The van der Waals surface area contributed by atoms with Crippen LogP contribution in [0.15, 0.2) is 0 Å². The standard InChI is InChI=1S/C18H35N3O2/c1-13-11-16(9-10-21(13)5)19-14-7-6-8-15(12-14)20-17(22)23-18(2,3)4/h13-16,19H,6-12H2,1-5H3,(H,20,22). The van der Waals surface area contributed by atoms with Crippen molar-refractivity contribution in [3.05, 3.63) is 0 Å². The van der Waals surface area contributed by atoms with E-state index in [0.717, 1.165) is 12.8 Å². The first-order valence-corrected chi connectivity index (χ1v) is 9.19. The van der Waals surface area contributed by atoms with Crippen molar-refractivity contribution in [2.75, 3.05) is 13.6 Å². The molecule has 2 fully saturated rings. The van der Waals surface area contributed by atoms with Gasteiger partial charge in [-0.15, -0.1) is 0 Å². The number of ether oxygens (including phenoxy) is 1. The van der Waals surface area contributed by atoms with E-state index < -0.39 is 5.60 Å². The van der Waals surface area contributed by atoms with Crippen molar-refractivity contribution < 1.29 is 9.53 Å². The van der Waals surface area contributed by atoms with Gasteiger partial charge in [0.15, 0.2) is 0 Å². The molecule has 0 aromatic rings. The third kappa shape index (κ3) is 6.30. The number of carbonyl (C=O) groups is 1. The molecule has 2 rings (SSSR count). The summed E-state index contributed by atoms with van der Waals surface area (Å²) in [5, 5.41) is 6.89. The molecule has 1 aliphatic heterocycles. The molecule has 2 N–H and O–H groups in total. The van der Waals surface area contributed by atoms with Gasteiger partial charge >= 0.3 is 6.09 Å². The van der Waals surface area contributed by atoms with Gasteiger partial charge in [-0.25, -0.2) is 4.79 Å². The zero-order valence-corrected chi connectivity index (χ0v) is 15.5. The van der Waals surface area contributed by atoms with Gasteiger partial charge in [0.25, 0.3) is 0 Å². The van der Waals surface area contributed by atoms with E-state index in [1.165, 1.54) is 32.2 Å². The van der Waals surface area contributed by atoms with Crippen molar-refractivity contribution in [2.45, 2.75) is 96.0 Å². The number of alkyl carbamates (subject to hydrolysis) is 1. The molecule has 0 spiro atoms. The van der Waals surface area contributed by atoms with Gasteiger partial charge in [-0.1, -0.05) is 0 Å². The summed E-state index contributed by atoms with van der Waals surface area (Å²) in [5.74, 6) is 0. The Labute approximate surface area is 141 Å². The molecular formula is C18H35N3O2. The fraction of sp³-hybridized carbons (Fsp3) is 0.944. The minimum atomic E-state index is -0.430. The Kier molecular flexibility index (Phi) is 6.32. The molecule has 1 aliphatic carbocycles. The molecule has 1 heterocycles. The van der Waals surface area contributed by atoms with Crippen LogP contribution in [-0.2, 0) is 4.74 Å². The van der Waals surface area contributed by atoms with Crippen molar-refractivity contribution in [2.24, 2.45) is 0 Å². The lowest BCUT2D eigenvalue weighted by atomic mass is 9.89. The zero-order valence-electron chi connectivity index (χ0n) is 15.5. The number of piperidine rings is 1. The summed E-state index contributed by atoms with van der Waals surface area (Å²) in [4.78, 5) is 14.4. The van der Waals surface area contributed by atoms with Crippen LogP contribution in [0, 0.1) is 0 Å². The molecule has 1 saturated heterocycles. The summed E-state index contributed by atoms with van der Waals surface area (Å²) in [7, 11) is 2.21. The third-order valence-corrected chi connectivity index (χ3v) is 5.07. The van der Waals surface area contributed by atoms with Crippen LogP contribution in [0.2, 0.25) is 0 Å². The van der Waals surface area contributed by atoms with E-state index in [1.807, 2.05) is 20.8 Å². The van der Waals surface area contributed by atoms with Gasteiger partial charge in [0.05, 0.1) is 0 Å². The van der Waals surface area contributed by atoms with Gasteiger partial charge in [-0.05, 0) is 79.8 Å². The Hall–Kier alpha value is -0.810. The summed E-state index contributed by atoms with van der Waals surface area (Å²) in [6.45, 7) is 9.18. The summed E-state index contributed by atoms with van der Waals surface area (Å²) in [6, 6.07) is 2.02. The molecule has 0 bridgehead atoms. The van der Waals surface area contributed by atoms with E-state index in [1.54, 1.807) is 0 Å². The monoisotopic (exact) mass is 325 g/mol. The quantitative estimate of drug-likeness (QED) is 0.838. The van der Waals surface area contributed by atoms with E-state index in [4.69, 9.17) is 4.74 Å². The van der Waals surface area contributed by atoms with E-state index in [2.05, 4.69) is 29.5 Å². The minimum absolute atomic E-state index is 0.236. The SMILES string of the molecule is CC1CC(NC2CCCC(NC(=O)OC(C)(C)C)C2)CCN1C. The number of amides is 1. The van der Waals surface area contributed by atoms with Crippen LogP contribution < -0.4 is 10.6 Å². The van der Waals surface area contributed by atoms with Crippen LogP contribution in [0.3, 0.4) is 0 Å². The molecule has 5 nitrogen and oxygen atoms in total. The minimum Gasteiger partial charge on any atom is -0.444 e. The number of hydrogen-bond donors (Lipinski definition) is 2. The van der Waals surface area contributed by atoms with Crippen molar-refractivity contribution in [1.29, 1.82) is 0 Å². The first kappa shape index (κ1) is 18.5. The average molecular weight is 325 g/mol. The lowest BCUT2D eigenvalue weighted by Crippen LogP contribution is -2.51. The van der Waals surface area contributed by atoms with E-state index >= 15 is 0 Å². The fourth-order valence-corrected chi connectivity index (χ4v) is 3.72. The maximum atomic E-state index is 11.9. The Bertz CT molecular complexity index is 394. The van der Waals surface area contributed by atoms with Crippen LogP contribution >= 0.6 is 0 Å². The fourth-order valence-electron chi connectivity index (χ4n) is 3.72. The predicted molar refractivity (Wildman–Crippen MR) is 93.7 cm³/mol. The van der Waals surface area contributed by atoms with E-state index in [9.17, 15) is 4.79 Å². The van der Waals surface area contributed by atoms with Crippen molar-refractivity contribution in [1.82, 2.24) is 15.5 Å². The first-order chi connectivity index (χ1) is 10.7. The lowest BCUT2D eigenvalue weighted by molar-refractivity contribution is 0.0486. The number of carbonyl (C=O) groups excluding carboxylic acids is 1. The summed E-state index contributed by atoms with van der Waals surface area (Å²) >= 11 is 0. The van der Waals surface area contributed by atoms with E-state index in [-0.39, 0.29) is 12.1 Å². The molecule has 4 atom stereocenters. The Morgan fingerprint density at radius 1 is 1.09 bits per heavy atom. The van der Waals surface area contributed by atoms with Gasteiger partial charge in [0, 0.05) is 24.2 Å². The molecule has 2 aliphatic rings. The Morgan fingerprint density at radius 2 is 1.74 bits per heavy atom. The zero-order chi connectivity index (χ0) is 17.0. The highest BCUT2D eigenvalue weighted by molar-refractivity contribution is 5.68. The molecule has 0 aromatic heterocycles. The van der Waals surface area contributed by atoms with Gasteiger partial charge in [-0.3, -0.25) is 0 Å². The van der Waals surface area contributed by atoms with Gasteiger partial charge in [-0.2, -0.15) is 0 Å². The number of rotatable bonds is 3. The molecule has 23 heavy (non-hydrogen) atoms. The molecule has 0 radical (unpaired) electrons. The Morgan fingerprint density at radius 3 is 2.39 bits per heavy atom. The number of likely N-dealkylation sites (tertiary alicyclic amines) is 1. The predicted octanol–water partition coefficient (Wildman–Crippen LogP) is 2.89. The molecule has 134 valence electrons. The van der Waals surface area contributed by atoms with Crippen LogP contribution in [0.5, 0.6) is 0 Å². The second-order valence-electron chi connectivity index (χ2n) is 8.42. The highest BCUT2D eigenvalue weighted by Crippen LogP contribution is 2.22. The van der Waals surface area contributed by atoms with Crippen molar-refractivity contribution >= 4 is 6.09 Å². The van der Waals surface area contributed by atoms with Crippen molar-refractivity contribution in [3.63, 3.8) is 0 Å². The largest absolute Gasteiger partial charge is 0.444 e. The van der Waals surface area contributed by atoms with Gasteiger partial charge in [0.2, 0.25) is 0 Å². The molecule has 1 amide bonds. The van der Waals surface area contributed by atoms with E-state index in [0.29, 0.717) is 18.1 Å². The summed E-state index contributed by atoms with van der Waals surface area (Å²) in [5.41, 5.74) is -0.430. The highest BCUT2D eigenvalue weighted by atomic mass is 16.6. The maximum Gasteiger partial charge on any atom is 0.407 e. The third-order valence-electron chi connectivity index (χ3n) is 5.07. The van der Waals surface area contributed by atoms with Crippen LogP contribution in [0.4, 0.5) is 4.79 Å². The van der Waals surface area contributed by atoms with Crippen molar-refractivity contribution in [3.8, 4) is 0 Å². The number of nitrogens with zero attached hydrogens (tertiary/aromatic N) is 1. The first-order valence-electron chi connectivity index (χ1n) is 9.19. The summed E-state index contributed by atoms with van der Waals surface area (Å²) in [6.07, 6.45) is 6.61. The smallest absolute Gasteiger partial charge is 0.407 e. The van der Waals surface area contributed by atoms with Crippen LogP contribution in [0.1, 0.15) is 66.2 Å².